The fourth-order valence-electron chi connectivity index (χ4n) is 2.01. The molecule has 2 N–H and O–H groups in total. The molecule has 0 aromatic heterocycles. The number of ether oxygens (including phenoxy) is 1. The summed E-state index contributed by atoms with van der Waals surface area (Å²) in [6.45, 7) is 2.62. The van der Waals surface area contributed by atoms with E-state index < -0.39 is 0 Å². The summed E-state index contributed by atoms with van der Waals surface area (Å²) >= 11 is 1.49. The first-order valence-electron chi connectivity index (χ1n) is 6.70. The Morgan fingerprint density at radius 3 is 2.90 bits per heavy atom. The highest BCUT2D eigenvalue weighted by atomic mass is 32.2. The summed E-state index contributed by atoms with van der Waals surface area (Å²) in [6.07, 6.45) is 1.28. The number of carbonyl (C=O) groups excluding carboxylic acids is 1. The highest BCUT2D eigenvalue weighted by Crippen LogP contribution is 2.26. The van der Waals surface area contributed by atoms with E-state index >= 15 is 0 Å². The molecule has 20 heavy (non-hydrogen) atoms. The SMILES string of the molecule is Nc1ccc(F)cc1SCCCC(=O)N1CCOCC1. The van der Waals surface area contributed by atoms with Crippen molar-refractivity contribution in [2.45, 2.75) is 17.7 Å². The number of anilines is 1. The van der Waals surface area contributed by atoms with Gasteiger partial charge >= 0.3 is 0 Å². The second-order valence-corrected chi connectivity index (χ2v) is 5.76. The van der Waals surface area contributed by atoms with Crippen LogP contribution in [0.15, 0.2) is 23.1 Å². The molecule has 1 amide bonds. The number of nitrogens with two attached hydrogens (primary N) is 1. The number of halogens is 1. The minimum Gasteiger partial charge on any atom is -0.398 e. The van der Waals surface area contributed by atoms with Crippen LogP contribution in [0, 0.1) is 5.82 Å². The average molecular weight is 298 g/mol. The van der Waals surface area contributed by atoms with Crippen molar-refractivity contribution in [2.24, 2.45) is 0 Å². The number of morpholine rings is 1. The van der Waals surface area contributed by atoms with Crippen LogP contribution in [0.25, 0.3) is 0 Å². The van der Waals surface area contributed by atoms with Gasteiger partial charge in [-0.15, -0.1) is 11.8 Å². The van der Waals surface area contributed by atoms with Gasteiger partial charge in [0.2, 0.25) is 5.91 Å². The van der Waals surface area contributed by atoms with Crippen LogP contribution >= 0.6 is 11.8 Å². The Morgan fingerprint density at radius 1 is 1.40 bits per heavy atom. The van der Waals surface area contributed by atoms with Gasteiger partial charge in [-0.05, 0) is 30.4 Å². The van der Waals surface area contributed by atoms with E-state index in [1.165, 1.54) is 23.9 Å². The Hall–Kier alpha value is -1.27. The first-order chi connectivity index (χ1) is 9.66. The van der Waals surface area contributed by atoms with Crippen LogP contribution in [0.1, 0.15) is 12.8 Å². The number of nitrogen functional groups attached to an aromatic ring is 1. The molecule has 2 rings (SSSR count). The summed E-state index contributed by atoms with van der Waals surface area (Å²) in [7, 11) is 0. The van der Waals surface area contributed by atoms with Crippen molar-refractivity contribution >= 4 is 23.4 Å². The van der Waals surface area contributed by atoms with Gasteiger partial charge in [0.15, 0.2) is 0 Å². The van der Waals surface area contributed by atoms with E-state index in [0.717, 1.165) is 17.1 Å². The molecule has 1 aromatic carbocycles. The fraction of sp³-hybridized carbons (Fsp3) is 0.500. The fourth-order valence-corrected chi connectivity index (χ4v) is 2.95. The van der Waals surface area contributed by atoms with Crippen molar-refractivity contribution < 1.29 is 13.9 Å². The summed E-state index contributed by atoms with van der Waals surface area (Å²) in [5, 5.41) is 0. The summed E-state index contributed by atoms with van der Waals surface area (Å²) in [4.78, 5) is 14.5. The first-order valence-corrected chi connectivity index (χ1v) is 7.69. The van der Waals surface area contributed by atoms with Crippen LogP contribution in [-0.4, -0.2) is 42.9 Å². The number of hydrogen-bond donors (Lipinski definition) is 1. The van der Waals surface area contributed by atoms with E-state index in [9.17, 15) is 9.18 Å². The number of rotatable bonds is 5. The van der Waals surface area contributed by atoms with Crippen LogP contribution in [0.3, 0.4) is 0 Å². The average Bonchev–Trinajstić information content (AvgIpc) is 2.47. The number of carbonyl (C=O) groups is 1. The van der Waals surface area contributed by atoms with Crippen molar-refractivity contribution in [3.05, 3.63) is 24.0 Å². The molecule has 1 aliphatic rings. The van der Waals surface area contributed by atoms with Crippen molar-refractivity contribution in [1.29, 1.82) is 0 Å². The molecule has 0 saturated carbocycles. The number of thioether (sulfide) groups is 1. The second kappa shape index (κ2) is 7.50. The predicted molar refractivity (Wildman–Crippen MR) is 78.2 cm³/mol. The van der Waals surface area contributed by atoms with Crippen LogP contribution < -0.4 is 5.73 Å². The first kappa shape index (κ1) is 15.1. The number of hydrogen-bond acceptors (Lipinski definition) is 4. The van der Waals surface area contributed by atoms with Crippen molar-refractivity contribution in [1.82, 2.24) is 4.90 Å². The molecular formula is C14H19FN2O2S. The Morgan fingerprint density at radius 2 is 2.15 bits per heavy atom. The largest absolute Gasteiger partial charge is 0.398 e. The third-order valence-corrected chi connectivity index (χ3v) is 4.29. The normalized spacial score (nSPS) is 15.3. The second-order valence-electron chi connectivity index (χ2n) is 4.63. The van der Waals surface area contributed by atoms with E-state index in [-0.39, 0.29) is 11.7 Å². The van der Waals surface area contributed by atoms with Gasteiger partial charge in [-0.1, -0.05) is 0 Å². The molecule has 4 nitrogen and oxygen atoms in total. The zero-order valence-corrected chi connectivity index (χ0v) is 12.1. The Labute approximate surface area is 122 Å². The van der Waals surface area contributed by atoms with Gasteiger partial charge in [0.1, 0.15) is 5.82 Å². The predicted octanol–water partition coefficient (Wildman–Crippen LogP) is 2.14. The van der Waals surface area contributed by atoms with Gasteiger partial charge in [0, 0.05) is 30.1 Å². The van der Waals surface area contributed by atoms with E-state index in [0.29, 0.717) is 38.4 Å². The number of nitrogens with zero attached hydrogens (tertiary/aromatic N) is 1. The molecule has 110 valence electrons. The van der Waals surface area contributed by atoms with Crippen molar-refractivity contribution in [3.63, 3.8) is 0 Å². The lowest BCUT2D eigenvalue weighted by molar-refractivity contribution is -0.135. The molecule has 1 saturated heterocycles. The van der Waals surface area contributed by atoms with Gasteiger partial charge in [0.05, 0.1) is 13.2 Å². The minimum absolute atomic E-state index is 0.168. The molecule has 1 aromatic rings. The van der Waals surface area contributed by atoms with Crippen molar-refractivity contribution in [3.8, 4) is 0 Å². The Balaban J connectivity index is 1.70. The highest BCUT2D eigenvalue weighted by Gasteiger charge is 2.16. The minimum atomic E-state index is -0.286. The molecule has 0 bridgehead atoms. The maximum Gasteiger partial charge on any atom is 0.222 e. The number of amides is 1. The molecule has 6 heteroatoms. The van der Waals surface area contributed by atoms with Gasteiger partial charge in [-0.25, -0.2) is 4.39 Å². The molecule has 0 spiro atoms. The van der Waals surface area contributed by atoms with Gasteiger partial charge in [-0.2, -0.15) is 0 Å². The van der Waals surface area contributed by atoms with Crippen molar-refractivity contribution in [2.75, 3.05) is 37.8 Å². The van der Waals surface area contributed by atoms with Gasteiger partial charge in [-0.3, -0.25) is 4.79 Å². The summed E-state index contributed by atoms with van der Waals surface area (Å²) in [5.74, 6) is 0.635. The van der Waals surface area contributed by atoms with Crippen LogP contribution in [0.2, 0.25) is 0 Å². The van der Waals surface area contributed by atoms with E-state index in [2.05, 4.69) is 0 Å². The van der Waals surface area contributed by atoms with Gasteiger partial charge in [0.25, 0.3) is 0 Å². The third-order valence-electron chi connectivity index (χ3n) is 3.13. The lowest BCUT2D eigenvalue weighted by Gasteiger charge is -2.26. The molecule has 0 unspecified atom stereocenters. The molecule has 0 atom stereocenters. The zero-order chi connectivity index (χ0) is 14.4. The highest BCUT2D eigenvalue weighted by molar-refractivity contribution is 7.99. The van der Waals surface area contributed by atoms with Gasteiger partial charge < -0.3 is 15.4 Å². The maximum absolute atomic E-state index is 13.1. The quantitative estimate of drug-likeness (QED) is 0.514. The lowest BCUT2D eigenvalue weighted by Crippen LogP contribution is -2.40. The Bertz CT molecular complexity index is 464. The summed E-state index contributed by atoms with van der Waals surface area (Å²) in [5.41, 5.74) is 6.35. The zero-order valence-electron chi connectivity index (χ0n) is 11.3. The van der Waals surface area contributed by atoms with Crippen LogP contribution in [-0.2, 0) is 9.53 Å². The molecule has 0 aliphatic carbocycles. The summed E-state index contributed by atoms with van der Waals surface area (Å²) < 4.78 is 18.3. The molecule has 0 radical (unpaired) electrons. The van der Waals surface area contributed by atoms with Crippen LogP contribution in [0.5, 0.6) is 0 Å². The maximum atomic E-state index is 13.1. The lowest BCUT2D eigenvalue weighted by atomic mass is 10.3. The topological polar surface area (TPSA) is 55.6 Å². The monoisotopic (exact) mass is 298 g/mol. The van der Waals surface area contributed by atoms with E-state index in [4.69, 9.17) is 10.5 Å². The smallest absolute Gasteiger partial charge is 0.222 e. The molecular weight excluding hydrogens is 279 g/mol. The Kier molecular flexibility index (Phi) is 5.67. The summed E-state index contributed by atoms with van der Waals surface area (Å²) in [6, 6.07) is 4.35. The standard InChI is InChI=1S/C14H19FN2O2S/c15-11-3-4-12(16)13(10-11)20-9-1-2-14(18)17-5-7-19-8-6-17/h3-4,10H,1-2,5-9,16H2. The molecule has 1 aliphatic heterocycles. The van der Waals surface area contributed by atoms with E-state index in [1.807, 2.05) is 4.90 Å². The molecule has 1 fully saturated rings. The number of benzene rings is 1. The molecule has 1 heterocycles. The third kappa shape index (κ3) is 4.38. The van der Waals surface area contributed by atoms with E-state index in [1.54, 1.807) is 6.07 Å². The van der Waals surface area contributed by atoms with Crippen LogP contribution in [0.4, 0.5) is 10.1 Å².